The lowest BCUT2D eigenvalue weighted by molar-refractivity contribution is -0.122. The maximum Gasteiger partial charge on any atom is 0.228 e. The van der Waals surface area contributed by atoms with Crippen LogP contribution >= 0.6 is 11.8 Å². The van der Waals surface area contributed by atoms with E-state index < -0.39 is 0 Å². The van der Waals surface area contributed by atoms with Crippen LogP contribution in [0.5, 0.6) is 0 Å². The Bertz CT molecular complexity index is 511. The normalized spacial score (nSPS) is 23.6. The molecule has 1 fully saturated rings. The van der Waals surface area contributed by atoms with E-state index in [-0.39, 0.29) is 16.6 Å². The van der Waals surface area contributed by atoms with E-state index >= 15 is 0 Å². The lowest BCUT2D eigenvalue weighted by Crippen LogP contribution is -2.44. The van der Waals surface area contributed by atoms with E-state index in [1.807, 2.05) is 23.9 Å². The van der Waals surface area contributed by atoms with Gasteiger partial charge in [-0.3, -0.25) is 4.79 Å². The van der Waals surface area contributed by atoms with Gasteiger partial charge >= 0.3 is 0 Å². The van der Waals surface area contributed by atoms with Gasteiger partial charge < -0.3 is 10.6 Å². The molecular formula is C17H24N2OS. The fourth-order valence-electron chi connectivity index (χ4n) is 3.57. The van der Waals surface area contributed by atoms with Gasteiger partial charge in [0, 0.05) is 24.4 Å². The number of amides is 1. The Morgan fingerprint density at radius 1 is 1.38 bits per heavy atom. The summed E-state index contributed by atoms with van der Waals surface area (Å²) in [6.45, 7) is 2.43. The number of rotatable bonds is 4. The molecule has 2 aliphatic rings. The molecule has 4 heteroatoms. The first kappa shape index (κ1) is 14.9. The largest absolute Gasteiger partial charge is 0.354 e. The SMILES string of the molecule is CSC1(CNC(=O)C2CNCc3ccccc32)CCCC1. The molecule has 1 saturated carbocycles. The van der Waals surface area contributed by atoms with Crippen LogP contribution in [0.2, 0.25) is 0 Å². The number of fused-ring (bicyclic) bond motifs is 1. The third-order valence-electron chi connectivity index (χ3n) is 4.94. The lowest BCUT2D eigenvalue weighted by Gasteiger charge is -2.30. The third kappa shape index (κ3) is 3.11. The predicted octanol–water partition coefficient (Wildman–Crippen LogP) is 2.67. The molecule has 1 aromatic carbocycles. The van der Waals surface area contributed by atoms with Crippen molar-refractivity contribution in [3.8, 4) is 0 Å². The van der Waals surface area contributed by atoms with Gasteiger partial charge in [-0.25, -0.2) is 0 Å². The van der Waals surface area contributed by atoms with Crippen LogP contribution in [-0.2, 0) is 11.3 Å². The second-order valence-electron chi connectivity index (χ2n) is 6.19. The van der Waals surface area contributed by atoms with Crippen molar-refractivity contribution in [2.75, 3.05) is 19.3 Å². The fourth-order valence-corrected chi connectivity index (χ4v) is 4.49. The fraction of sp³-hybridized carbons (Fsp3) is 0.588. The van der Waals surface area contributed by atoms with Gasteiger partial charge in [0.1, 0.15) is 0 Å². The van der Waals surface area contributed by atoms with Crippen LogP contribution in [0.15, 0.2) is 24.3 Å². The highest BCUT2D eigenvalue weighted by Gasteiger charge is 2.34. The van der Waals surface area contributed by atoms with Crippen LogP contribution in [0.4, 0.5) is 0 Å². The molecule has 0 saturated heterocycles. The van der Waals surface area contributed by atoms with Gasteiger partial charge in [-0.15, -0.1) is 0 Å². The van der Waals surface area contributed by atoms with Gasteiger partial charge in [-0.1, -0.05) is 37.1 Å². The van der Waals surface area contributed by atoms with Gasteiger partial charge in [0.05, 0.1) is 5.92 Å². The maximum absolute atomic E-state index is 12.6. The Kier molecular flexibility index (Phi) is 4.55. The van der Waals surface area contributed by atoms with Crippen molar-refractivity contribution < 1.29 is 4.79 Å². The second kappa shape index (κ2) is 6.41. The quantitative estimate of drug-likeness (QED) is 0.898. The van der Waals surface area contributed by atoms with Gasteiger partial charge in [0.25, 0.3) is 0 Å². The van der Waals surface area contributed by atoms with Crippen molar-refractivity contribution in [1.29, 1.82) is 0 Å². The summed E-state index contributed by atoms with van der Waals surface area (Å²) < 4.78 is 0.275. The number of thioether (sulfide) groups is 1. The Morgan fingerprint density at radius 3 is 2.90 bits per heavy atom. The predicted molar refractivity (Wildman–Crippen MR) is 88.6 cm³/mol. The molecule has 0 aromatic heterocycles. The van der Waals surface area contributed by atoms with Crippen LogP contribution in [-0.4, -0.2) is 30.0 Å². The van der Waals surface area contributed by atoms with E-state index in [0.29, 0.717) is 0 Å². The zero-order valence-electron chi connectivity index (χ0n) is 12.7. The third-order valence-corrected chi connectivity index (χ3v) is 6.36. The summed E-state index contributed by atoms with van der Waals surface area (Å²) in [4.78, 5) is 12.6. The number of benzene rings is 1. The number of nitrogens with one attached hydrogen (secondary N) is 2. The molecule has 0 spiro atoms. The van der Waals surface area contributed by atoms with Crippen molar-refractivity contribution in [3.63, 3.8) is 0 Å². The number of hydrogen-bond donors (Lipinski definition) is 2. The molecule has 3 rings (SSSR count). The van der Waals surface area contributed by atoms with Crippen LogP contribution < -0.4 is 10.6 Å². The van der Waals surface area contributed by atoms with Crippen molar-refractivity contribution in [2.24, 2.45) is 0 Å². The number of hydrogen-bond acceptors (Lipinski definition) is 3. The molecule has 0 radical (unpaired) electrons. The molecule has 1 aromatic rings. The van der Waals surface area contributed by atoms with E-state index in [9.17, 15) is 4.79 Å². The molecule has 21 heavy (non-hydrogen) atoms. The number of carbonyl (C=O) groups excluding carboxylic acids is 1. The topological polar surface area (TPSA) is 41.1 Å². The molecule has 114 valence electrons. The first-order valence-electron chi connectivity index (χ1n) is 7.85. The highest BCUT2D eigenvalue weighted by atomic mass is 32.2. The average Bonchev–Trinajstić information content (AvgIpc) is 3.01. The first-order valence-corrected chi connectivity index (χ1v) is 9.08. The Balaban J connectivity index is 1.66. The summed E-state index contributed by atoms with van der Waals surface area (Å²) >= 11 is 1.92. The zero-order chi connectivity index (χ0) is 14.7. The van der Waals surface area contributed by atoms with Gasteiger partial charge in [0.2, 0.25) is 5.91 Å². The van der Waals surface area contributed by atoms with E-state index in [1.165, 1.54) is 36.8 Å². The van der Waals surface area contributed by atoms with Crippen molar-refractivity contribution in [3.05, 3.63) is 35.4 Å². The number of carbonyl (C=O) groups is 1. The smallest absolute Gasteiger partial charge is 0.228 e. The van der Waals surface area contributed by atoms with Crippen LogP contribution in [0.25, 0.3) is 0 Å². The van der Waals surface area contributed by atoms with E-state index in [4.69, 9.17) is 0 Å². The van der Waals surface area contributed by atoms with E-state index in [2.05, 4.69) is 29.0 Å². The van der Waals surface area contributed by atoms with Crippen LogP contribution in [0.3, 0.4) is 0 Å². The van der Waals surface area contributed by atoms with E-state index in [0.717, 1.165) is 19.6 Å². The molecular weight excluding hydrogens is 280 g/mol. The summed E-state index contributed by atoms with van der Waals surface area (Å²) in [6, 6.07) is 8.29. The summed E-state index contributed by atoms with van der Waals surface area (Å²) in [5.41, 5.74) is 2.45. The van der Waals surface area contributed by atoms with Crippen LogP contribution in [0.1, 0.15) is 42.7 Å². The Hall–Kier alpha value is -1.00. The summed E-state index contributed by atoms with van der Waals surface area (Å²) in [6.07, 6.45) is 7.23. The minimum atomic E-state index is -0.0461. The monoisotopic (exact) mass is 304 g/mol. The van der Waals surface area contributed by atoms with Gasteiger partial charge in [0.15, 0.2) is 0 Å². The Labute approximate surface area is 131 Å². The average molecular weight is 304 g/mol. The molecule has 1 heterocycles. The lowest BCUT2D eigenvalue weighted by atomic mass is 9.90. The first-order chi connectivity index (χ1) is 10.2. The summed E-state index contributed by atoms with van der Waals surface area (Å²) in [5.74, 6) is 0.130. The molecule has 3 nitrogen and oxygen atoms in total. The zero-order valence-corrected chi connectivity index (χ0v) is 13.5. The second-order valence-corrected chi connectivity index (χ2v) is 7.47. The highest BCUT2D eigenvalue weighted by Crippen LogP contribution is 2.39. The minimum Gasteiger partial charge on any atom is -0.354 e. The van der Waals surface area contributed by atoms with Crippen molar-refractivity contribution >= 4 is 17.7 Å². The molecule has 1 unspecified atom stereocenters. The van der Waals surface area contributed by atoms with Crippen molar-refractivity contribution in [2.45, 2.75) is 42.9 Å². The standard InChI is InChI=1S/C17H24N2OS/c1-21-17(8-4-5-9-17)12-19-16(20)15-11-18-10-13-6-2-3-7-14(13)15/h2-3,6-7,15,18H,4-5,8-12H2,1H3,(H,19,20). The molecule has 0 bridgehead atoms. The molecule has 2 N–H and O–H groups in total. The highest BCUT2D eigenvalue weighted by molar-refractivity contribution is 8.00. The molecule has 1 aliphatic carbocycles. The minimum absolute atomic E-state index is 0.0461. The maximum atomic E-state index is 12.6. The summed E-state index contributed by atoms with van der Waals surface area (Å²) in [7, 11) is 0. The van der Waals surface area contributed by atoms with E-state index in [1.54, 1.807) is 0 Å². The molecule has 1 aliphatic heterocycles. The van der Waals surface area contributed by atoms with Crippen LogP contribution in [0, 0.1) is 0 Å². The molecule has 1 atom stereocenters. The van der Waals surface area contributed by atoms with Crippen molar-refractivity contribution in [1.82, 2.24) is 10.6 Å². The molecule has 1 amide bonds. The van der Waals surface area contributed by atoms with Gasteiger partial charge in [-0.2, -0.15) is 11.8 Å². The Morgan fingerprint density at radius 2 is 2.14 bits per heavy atom. The van der Waals surface area contributed by atoms with Gasteiger partial charge in [-0.05, 0) is 30.2 Å². The summed E-state index contributed by atoms with van der Waals surface area (Å²) in [5, 5.41) is 6.58.